The van der Waals surface area contributed by atoms with Crippen molar-refractivity contribution in [3.8, 4) is 5.75 Å². The predicted octanol–water partition coefficient (Wildman–Crippen LogP) is 2.54. The first kappa shape index (κ1) is 19.6. The molecule has 0 saturated heterocycles. The number of hydrogen-bond acceptors (Lipinski definition) is 4. The van der Waals surface area contributed by atoms with Crippen LogP contribution in [-0.4, -0.2) is 25.0 Å². The molecule has 2 aromatic carbocycles. The van der Waals surface area contributed by atoms with E-state index in [9.17, 15) is 9.59 Å². The lowest BCUT2D eigenvalue weighted by Crippen LogP contribution is -2.36. The molecule has 1 heterocycles. The monoisotopic (exact) mass is 375 g/mol. The van der Waals surface area contributed by atoms with Crippen LogP contribution in [0.3, 0.4) is 0 Å². The van der Waals surface area contributed by atoms with Crippen LogP contribution in [0.1, 0.15) is 28.8 Å². The quantitative estimate of drug-likeness (QED) is 0.784. The molecule has 0 unspecified atom stereocenters. The summed E-state index contributed by atoms with van der Waals surface area (Å²) >= 11 is 0. The highest BCUT2D eigenvalue weighted by Crippen LogP contribution is 2.31. The fourth-order valence-electron chi connectivity index (χ4n) is 3.02. The van der Waals surface area contributed by atoms with Crippen molar-refractivity contribution in [2.24, 2.45) is 5.73 Å². The maximum Gasteiger partial charge on any atom is 0.248 e. The number of primary amides is 1. The zero-order valence-electron chi connectivity index (χ0n) is 14.3. The average Bonchev–Trinajstić information content (AvgIpc) is 2.62. The molecule has 1 aliphatic rings. The van der Waals surface area contributed by atoms with Gasteiger partial charge in [0.1, 0.15) is 5.75 Å². The van der Waals surface area contributed by atoms with Gasteiger partial charge in [-0.3, -0.25) is 9.59 Å². The van der Waals surface area contributed by atoms with Crippen molar-refractivity contribution in [1.29, 1.82) is 0 Å². The third-order valence-electron chi connectivity index (χ3n) is 4.31. The van der Waals surface area contributed by atoms with Gasteiger partial charge in [-0.15, -0.1) is 12.4 Å². The van der Waals surface area contributed by atoms with Crippen molar-refractivity contribution in [2.75, 3.05) is 23.8 Å². The zero-order valence-corrected chi connectivity index (χ0v) is 15.1. The summed E-state index contributed by atoms with van der Waals surface area (Å²) in [5.41, 5.74) is 14.3. The fraction of sp³-hybridized carbons (Fsp3) is 0.263. The number of anilines is 2. The number of hydrogen-bond donors (Lipinski definition) is 2. The molecule has 3 rings (SSSR count). The van der Waals surface area contributed by atoms with E-state index in [2.05, 4.69) is 0 Å². The summed E-state index contributed by atoms with van der Waals surface area (Å²) in [6, 6.07) is 12.2. The predicted molar refractivity (Wildman–Crippen MR) is 104 cm³/mol. The number of halogens is 1. The number of nitrogens with two attached hydrogens (primary N) is 2. The normalized spacial score (nSPS) is 12.7. The number of carbonyl (C=O) groups is 2. The Kier molecular flexibility index (Phi) is 6.46. The van der Waals surface area contributed by atoms with E-state index >= 15 is 0 Å². The van der Waals surface area contributed by atoms with Gasteiger partial charge in [0.05, 0.1) is 13.0 Å². The van der Waals surface area contributed by atoms with Gasteiger partial charge in [0.25, 0.3) is 0 Å². The third kappa shape index (κ3) is 4.26. The third-order valence-corrected chi connectivity index (χ3v) is 4.31. The maximum absolute atomic E-state index is 12.5. The van der Waals surface area contributed by atoms with Crippen LogP contribution in [0.25, 0.3) is 0 Å². The van der Waals surface area contributed by atoms with Crippen LogP contribution >= 0.6 is 12.4 Å². The summed E-state index contributed by atoms with van der Waals surface area (Å²) < 4.78 is 5.59. The minimum Gasteiger partial charge on any atom is -0.493 e. The van der Waals surface area contributed by atoms with E-state index in [1.807, 2.05) is 18.2 Å². The number of fused-ring (bicyclic) bond motifs is 1. The number of nitrogen functional groups attached to an aromatic ring is 1. The van der Waals surface area contributed by atoms with Gasteiger partial charge in [-0.25, -0.2) is 0 Å². The van der Waals surface area contributed by atoms with Gasteiger partial charge in [0, 0.05) is 23.5 Å². The van der Waals surface area contributed by atoms with Crippen LogP contribution in [-0.2, 0) is 11.2 Å². The van der Waals surface area contributed by atoms with E-state index in [1.165, 1.54) is 0 Å². The Morgan fingerprint density at radius 3 is 2.54 bits per heavy atom. The van der Waals surface area contributed by atoms with Crippen LogP contribution < -0.4 is 21.1 Å². The summed E-state index contributed by atoms with van der Waals surface area (Å²) in [5, 5.41) is 0. The van der Waals surface area contributed by atoms with Crippen LogP contribution in [0.2, 0.25) is 0 Å². The molecule has 1 aliphatic heterocycles. The van der Waals surface area contributed by atoms with Crippen LogP contribution in [0.5, 0.6) is 5.75 Å². The highest BCUT2D eigenvalue weighted by molar-refractivity contribution is 5.95. The number of carbonyl (C=O) groups excluding carboxylic acids is 2. The maximum atomic E-state index is 12.5. The highest BCUT2D eigenvalue weighted by atomic mass is 35.5. The number of nitrogens with zero attached hydrogens (tertiary/aromatic N) is 1. The molecule has 26 heavy (non-hydrogen) atoms. The Balaban J connectivity index is 0.00000243. The molecular formula is C19H22ClN3O3. The van der Waals surface area contributed by atoms with Gasteiger partial charge in [0.2, 0.25) is 11.8 Å². The number of benzene rings is 2. The van der Waals surface area contributed by atoms with Gasteiger partial charge in [-0.1, -0.05) is 6.07 Å². The van der Waals surface area contributed by atoms with Crippen molar-refractivity contribution in [2.45, 2.75) is 19.3 Å². The van der Waals surface area contributed by atoms with Crippen molar-refractivity contribution in [3.63, 3.8) is 0 Å². The topological polar surface area (TPSA) is 98.7 Å². The minimum atomic E-state index is -0.482. The lowest BCUT2D eigenvalue weighted by atomic mass is 9.99. The van der Waals surface area contributed by atoms with Crippen molar-refractivity contribution in [3.05, 3.63) is 53.6 Å². The standard InChI is InChI=1S/C19H21N3O3.ClH/c20-16-4-1-5-17-15(16)3-2-11-22(17)18(23)10-12-25-14-8-6-13(7-9-14)19(21)24;/h1,4-9H,2-3,10-12,20H2,(H2,21,24);1H. The Bertz CT molecular complexity index is 793. The number of amides is 2. The molecular weight excluding hydrogens is 354 g/mol. The van der Waals surface area contributed by atoms with Gasteiger partial charge in [-0.05, 0) is 54.8 Å². The molecule has 138 valence electrons. The molecule has 0 aromatic heterocycles. The first-order valence-electron chi connectivity index (χ1n) is 8.26. The van der Waals surface area contributed by atoms with Crippen LogP contribution in [0, 0.1) is 0 Å². The summed E-state index contributed by atoms with van der Waals surface area (Å²) in [7, 11) is 0. The van der Waals surface area contributed by atoms with Gasteiger partial charge >= 0.3 is 0 Å². The molecule has 0 spiro atoms. The zero-order chi connectivity index (χ0) is 17.8. The lowest BCUT2D eigenvalue weighted by molar-refractivity contribution is -0.119. The molecule has 0 aliphatic carbocycles. The van der Waals surface area contributed by atoms with Crippen molar-refractivity contribution >= 4 is 35.6 Å². The molecule has 7 heteroatoms. The van der Waals surface area contributed by atoms with E-state index < -0.39 is 5.91 Å². The largest absolute Gasteiger partial charge is 0.493 e. The molecule has 0 radical (unpaired) electrons. The second-order valence-electron chi connectivity index (χ2n) is 5.98. The molecule has 4 N–H and O–H groups in total. The first-order chi connectivity index (χ1) is 12.1. The first-order valence-corrected chi connectivity index (χ1v) is 8.26. The highest BCUT2D eigenvalue weighted by Gasteiger charge is 2.23. The van der Waals surface area contributed by atoms with Gasteiger partial charge in [0.15, 0.2) is 0 Å². The van der Waals surface area contributed by atoms with Crippen LogP contribution in [0.15, 0.2) is 42.5 Å². The van der Waals surface area contributed by atoms with E-state index in [1.54, 1.807) is 29.2 Å². The Morgan fingerprint density at radius 1 is 1.12 bits per heavy atom. The number of ether oxygens (including phenoxy) is 1. The van der Waals surface area contributed by atoms with Gasteiger partial charge < -0.3 is 21.1 Å². The Labute approximate surface area is 158 Å². The summed E-state index contributed by atoms with van der Waals surface area (Å²) in [4.78, 5) is 25.4. The van der Waals surface area contributed by atoms with Crippen molar-refractivity contribution in [1.82, 2.24) is 0 Å². The fourth-order valence-corrected chi connectivity index (χ4v) is 3.02. The molecule has 0 bridgehead atoms. The van der Waals surface area contributed by atoms with Crippen LogP contribution in [0.4, 0.5) is 11.4 Å². The van der Waals surface area contributed by atoms with E-state index in [4.69, 9.17) is 16.2 Å². The van der Waals surface area contributed by atoms with Crippen molar-refractivity contribution < 1.29 is 14.3 Å². The van der Waals surface area contributed by atoms with E-state index in [0.29, 0.717) is 17.9 Å². The molecule has 0 fully saturated rings. The Hall–Kier alpha value is -2.73. The molecule has 0 atom stereocenters. The van der Waals surface area contributed by atoms with E-state index in [0.717, 1.165) is 29.8 Å². The summed E-state index contributed by atoms with van der Waals surface area (Å²) in [5.74, 6) is 0.131. The SMILES string of the molecule is Cl.NC(=O)c1ccc(OCCC(=O)N2CCCc3c(N)cccc32)cc1. The second kappa shape index (κ2) is 8.58. The van der Waals surface area contributed by atoms with E-state index in [-0.39, 0.29) is 31.3 Å². The molecule has 6 nitrogen and oxygen atoms in total. The molecule has 2 amide bonds. The lowest BCUT2D eigenvalue weighted by Gasteiger charge is -2.30. The molecule has 0 saturated carbocycles. The number of rotatable bonds is 5. The minimum absolute atomic E-state index is 0. The second-order valence-corrected chi connectivity index (χ2v) is 5.98. The van der Waals surface area contributed by atoms with Gasteiger partial charge in [-0.2, -0.15) is 0 Å². The smallest absolute Gasteiger partial charge is 0.248 e. The average molecular weight is 376 g/mol. The summed E-state index contributed by atoms with van der Waals surface area (Å²) in [6.45, 7) is 0.964. The Morgan fingerprint density at radius 2 is 1.85 bits per heavy atom. The summed E-state index contributed by atoms with van der Waals surface area (Å²) in [6.07, 6.45) is 2.07. The molecule has 2 aromatic rings.